The van der Waals surface area contributed by atoms with Crippen LogP contribution in [0, 0.1) is 0 Å². The number of para-hydroxylation sites is 1. The normalized spacial score (nSPS) is 33.1. The molecule has 4 nitrogen and oxygen atoms in total. The van der Waals surface area contributed by atoms with Crippen LogP contribution in [0.3, 0.4) is 0 Å². The molecule has 1 aromatic carbocycles. The van der Waals surface area contributed by atoms with Crippen LogP contribution in [0.2, 0.25) is 0 Å². The van der Waals surface area contributed by atoms with Gasteiger partial charge in [0.25, 0.3) is 0 Å². The first-order valence-electron chi connectivity index (χ1n) is 5.57. The summed E-state index contributed by atoms with van der Waals surface area (Å²) in [5.41, 5.74) is 0. The molecule has 1 aliphatic rings. The fraction of sp³-hybridized carbons (Fsp3) is 0.333. The lowest BCUT2D eigenvalue weighted by atomic mass is 10.3. The lowest BCUT2D eigenvalue weighted by molar-refractivity contribution is 0.225. The second kappa shape index (κ2) is 5.05. The summed E-state index contributed by atoms with van der Waals surface area (Å²) in [5, 5.41) is 2.86. The minimum Gasteiger partial charge on any atom is -0.413 e. The monoisotopic (exact) mass is 253 g/mol. The van der Waals surface area contributed by atoms with Crippen molar-refractivity contribution in [3.63, 3.8) is 0 Å². The van der Waals surface area contributed by atoms with Crippen LogP contribution in [0.1, 0.15) is 13.8 Å². The zero-order chi connectivity index (χ0) is 12.3. The van der Waals surface area contributed by atoms with E-state index in [9.17, 15) is 4.57 Å². The SMILES string of the molecule is C[C@H]1C=C[C@H](C)OP(=O)(Oc2ccccc2)N1. The van der Waals surface area contributed by atoms with Gasteiger partial charge in [0.2, 0.25) is 0 Å². The van der Waals surface area contributed by atoms with Gasteiger partial charge >= 0.3 is 7.75 Å². The third kappa shape index (κ3) is 3.43. The van der Waals surface area contributed by atoms with Crippen molar-refractivity contribution >= 4 is 7.75 Å². The van der Waals surface area contributed by atoms with E-state index in [1.54, 1.807) is 12.1 Å². The van der Waals surface area contributed by atoms with E-state index in [0.717, 1.165) is 0 Å². The molecule has 1 unspecified atom stereocenters. The Morgan fingerprint density at radius 2 is 1.94 bits per heavy atom. The van der Waals surface area contributed by atoms with Crippen LogP contribution in [-0.2, 0) is 9.09 Å². The standard InChI is InChI=1S/C12H16NO3P/c1-10-8-9-11(2)15-17(14,13-10)16-12-6-4-3-5-7-12/h3-11H,1-2H3,(H,13,14)/t10-,11-,17?/m0/s1. The minimum absolute atomic E-state index is 0.0468. The van der Waals surface area contributed by atoms with Crippen molar-refractivity contribution in [3.05, 3.63) is 42.5 Å². The molecule has 1 aliphatic heterocycles. The molecule has 0 aromatic heterocycles. The highest BCUT2D eigenvalue weighted by molar-refractivity contribution is 7.52. The number of benzene rings is 1. The summed E-state index contributed by atoms with van der Waals surface area (Å²) >= 11 is 0. The van der Waals surface area contributed by atoms with Crippen molar-refractivity contribution in [1.29, 1.82) is 0 Å². The van der Waals surface area contributed by atoms with Gasteiger partial charge in [-0.1, -0.05) is 30.4 Å². The van der Waals surface area contributed by atoms with Gasteiger partial charge in [-0.2, -0.15) is 0 Å². The van der Waals surface area contributed by atoms with Crippen LogP contribution in [0.5, 0.6) is 5.75 Å². The number of rotatable bonds is 2. The van der Waals surface area contributed by atoms with Crippen LogP contribution < -0.4 is 9.61 Å². The van der Waals surface area contributed by atoms with E-state index in [1.807, 2.05) is 44.2 Å². The van der Waals surface area contributed by atoms with E-state index in [0.29, 0.717) is 5.75 Å². The summed E-state index contributed by atoms with van der Waals surface area (Å²) in [4.78, 5) is 0. The Balaban J connectivity index is 2.16. The third-order valence-corrected chi connectivity index (χ3v) is 4.09. The van der Waals surface area contributed by atoms with Crippen LogP contribution >= 0.6 is 7.75 Å². The smallest absolute Gasteiger partial charge is 0.413 e. The van der Waals surface area contributed by atoms with Crippen LogP contribution in [-0.4, -0.2) is 12.1 Å². The molecule has 1 N–H and O–H groups in total. The largest absolute Gasteiger partial charge is 0.459 e. The highest BCUT2D eigenvalue weighted by atomic mass is 31.2. The molecule has 0 saturated carbocycles. The minimum atomic E-state index is -3.30. The maximum Gasteiger partial charge on any atom is 0.459 e. The van der Waals surface area contributed by atoms with E-state index in [1.165, 1.54) is 0 Å². The summed E-state index contributed by atoms with van der Waals surface area (Å²) in [5.74, 6) is 0.532. The molecule has 0 radical (unpaired) electrons. The van der Waals surface area contributed by atoms with Crippen molar-refractivity contribution in [3.8, 4) is 5.75 Å². The summed E-state index contributed by atoms with van der Waals surface area (Å²) in [6.07, 6.45) is 3.55. The van der Waals surface area contributed by atoms with E-state index in [-0.39, 0.29) is 12.1 Å². The number of nitrogens with one attached hydrogen (secondary N) is 1. The Morgan fingerprint density at radius 1 is 1.24 bits per heavy atom. The van der Waals surface area contributed by atoms with E-state index >= 15 is 0 Å². The first-order chi connectivity index (χ1) is 8.07. The zero-order valence-corrected chi connectivity index (χ0v) is 10.8. The number of hydrogen-bond acceptors (Lipinski definition) is 3. The molecule has 5 heteroatoms. The quantitative estimate of drug-likeness (QED) is 0.649. The Labute approximate surface area is 101 Å². The molecule has 3 atom stereocenters. The molecule has 0 aliphatic carbocycles. The third-order valence-electron chi connectivity index (χ3n) is 2.31. The fourth-order valence-electron chi connectivity index (χ4n) is 1.57. The predicted molar refractivity (Wildman–Crippen MR) is 67.0 cm³/mol. The Kier molecular flexibility index (Phi) is 3.67. The van der Waals surface area contributed by atoms with Crippen LogP contribution in [0.4, 0.5) is 0 Å². The van der Waals surface area contributed by atoms with E-state index in [2.05, 4.69) is 5.09 Å². The molecule has 0 fully saturated rings. The van der Waals surface area contributed by atoms with Gasteiger partial charge in [0, 0.05) is 6.04 Å². The molecule has 1 aromatic rings. The van der Waals surface area contributed by atoms with Crippen molar-refractivity contribution in [2.45, 2.75) is 26.0 Å². The van der Waals surface area contributed by atoms with E-state index < -0.39 is 7.75 Å². The van der Waals surface area contributed by atoms with Crippen molar-refractivity contribution in [2.75, 3.05) is 0 Å². The van der Waals surface area contributed by atoms with Gasteiger partial charge in [-0.05, 0) is 26.0 Å². The molecule has 0 amide bonds. The Bertz CT molecular complexity index is 428. The summed E-state index contributed by atoms with van der Waals surface area (Å²) < 4.78 is 23.3. The molecule has 0 spiro atoms. The summed E-state index contributed by atoms with van der Waals surface area (Å²) in [6.45, 7) is 3.73. The maximum absolute atomic E-state index is 12.4. The average molecular weight is 253 g/mol. The topological polar surface area (TPSA) is 47.6 Å². The fourth-order valence-corrected chi connectivity index (χ4v) is 3.22. The molecule has 1 heterocycles. The lowest BCUT2D eigenvalue weighted by Gasteiger charge is -2.21. The molecule has 2 rings (SSSR count). The first-order valence-corrected chi connectivity index (χ1v) is 7.11. The average Bonchev–Trinajstić information content (AvgIpc) is 2.38. The number of hydrogen-bond donors (Lipinski definition) is 1. The first kappa shape index (κ1) is 12.4. The van der Waals surface area contributed by atoms with Gasteiger partial charge in [-0.25, -0.2) is 9.65 Å². The van der Waals surface area contributed by atoms with Gasteiger partial charge < -0.3 is 4.52 Å². The molecule has 0 saturated heterocycles. The highest BCUT2D eigenvalue weighted by Gasteiger charge is 2.31. The molecular weight excluding hydrogens is 237 g/mol. The summed E-state index contributed by atoms with van der Waals surface area (Å²) in [6, 6.07) is 8.97. The van der Waals surface area contributed by atoms with Crippen LogP contribution in [0.25, 0.3) is 0 Å². The molecule has 0 bridgehead atoms. The van der Waals surface area contributed by atoms with Gasteiger partial charge in [-0.15, -0.1) is 0 Å². The van der Waals surface area contributed by atoms with Gasteiger partial charge in [-0.3, -0.25) is 4.52 Å². The van der Waals surface area contributed by atoms with Crippen molar-refractivity contribution < 1.29 is 13.6 Å². The second-order valence-corrected chi connectivity index (χ2v) is 5.66. The van der Waals surface area contributed by atoms with Gasteiger partial charge in [0.05, 0.1) is 6.10 Å². The van der Waals surface area contributed by atoms with Crippen molar-refractivity contribution in [2.24, 2.45) is 0 Å². The molecule has 92 valence electrons. The zero-order valence-electron chi connectivity index (χ0n) is 9.87. The maximum atomic E-state index is 12.4. The second-order valence-electron chi connectivity index (χ2n) is 4.02. The van der Waals surface area contributed by atoms with E-state index in [4.69, 9.17) is 9.05 Å². The summed E-state index contributed by atoms with van der Waals surface area (Å²) in [7, 11) is -3.30. The van der Waals surface area contributed by atoms with Gasteiger partial charge in [0.15, 0.2) is 0 Å². The predicted octanol–water partition coefficient (Wildman–Crippen LogP) is 3.13. The lowest BCUT2D eigenvalue weighted by Crippen LogP contribution is -2.23. The Morgan fingerprint density at radius 3 is 2.65 bits per heavy atom. The Hall–Kier alpha value is -1.09. The van der Waals surface area contributed by atoms with Crippen molar-refractivity contribution in [1.82, 2.24) is 5.09 Å². The van der Waals surface area contributed by atoms with Crippen LogP contribution in [0.15, 0.2) is 42.5 Å². The molecular formula is C12H16NO3P. The molecule has 17 heavy (non-hydrogen) atoms. The van der Waals surface area contributed by atoms with Gasteiger partial charge in [0.1, 0.15) is 5.75 Å². The highest BCUT2D eigenvalue weighted by Crippen LogP contribution is 2.47.